The summed E-state index contributed by atoms with van der Waals surface area (Å²) < 4.78 is 38.5. The van der Waals surface area contributed by atoms with Crippen LogP contribution in [0.25, 0.3) is 0 Å². The van der Waals surface area contributed by atoms with E-state index < -0.39 is 28.6 Å². The van der Waals surface area contributed by atoms with Gasteiger partial charge in [0.25, 0.3) is 11.8 Å². The monoisotopic (exact) mass is 434 g/mol. The number of rotatable bonds is 3. The molecular weight excluding hydrogens is 428 g/mol. The first kappa shape index (κ1) is 19.5. The van der Waals surface area contributed by atoms with Crippen molar-refractivity contribution in [2.75, 3.05) is 10.2 Å². The van der Waals surface area contributed by atoms with E-state index in [0.717, 1.165) is 23.1 Å². The summed E-state index contributed by atoms with van der Waals surface area (Å²) in [6, 6.07) is 8.27. The maximum absolute atomic E-state index is 12.8. The molecule has 1 heterocycles. The predicted octanol–water partition coefficient (Wildman–Crippen LogP) is 5.45. The number of amides is 2. The van der Waals surface area contributed by atoms with Crippen molar-refractivity contribution >= 4 is 58.0 Å². The predicted molar refractivity (Wildman–Crippen MR) is 96.9 cm³/mol. The number of imide groups is 1. The summed E-state index contributed by atoms with van der Waals surface area (Å²) in [5, 5.41) is 2.34. The molecule has 2 aromatic carbocycles. The standard InChI is InChI=1S/C17H8Cl3F3N2O2/c18-9-4-5-12(11(19)7-9)25-15(26)13(20)14(16(25)27)24-10-3-1-2-8(6-10)17(21,22)23/h1-7,24H. The molecule has 0 bridgehead atoms. The van der Waals surface area contributed by atoms with Gasteiger partial charge in [0.1, 0.15) is 10.7 Å². The number of nitrogens with one attached hydrogen (secondary N) is 1. The molecule has 0 unspecified atom stereocenters. The van der Waals surface area contributed by atoms with Crippen LogP contribution in [-0.2, 0) is 15.8 Å². The molecule has 27 heavy (non-hydrogen) atoms. The van der Waals surface area contributed by atoms with Gasteiger partial charge in [-0.3, -0.25) is 9.59 Å². The lowest BCUT2D eigenvalue weighted by atomic mass is 10.2. The molecule has 0 aromatic heterocycles. The summed E-state index contributed by atoms with van der Waals surface area (Å²) in [5.41, 5.74) is -1.27. The van der Waals surface area contributed by atoms with E-state index in [1.807, 2.05) is 0 Å². The molecule has 3 rings (SSSR count). The number of carbonyl (C=O) groups is 2. The Labute approximate surface area is 166 Å². The molecule has 2 aromatic rings. The van der Waals surface area contributed by atoms with E-state index >= 15 is 0 Å². The highest BCUT2D eigenvalue weighted by molar-refractivity contribution is 6.53. The molecule has 0 atom stereocenters. The van der Waals surface area contributed by atoms with Crippen LogP contribution in [0.3, 0.4) is 0 Å². The molecule has 0 saturated carbocycles. The molecule has 1 aliphatic heterocycles. The zero-order valence-electron chi connectivity index (χ0n) is 13.1. The fourth-order valence-corrected chi connectivity index (χ4v) is 3.12. The highest BCUT2D eigenvalue weighted by Crippen LogP contribution is 2.36. The highest BCUT2D eigenvalue weighted by atomic mass is 35.5. The fraction of sp³-hybridized carbons (Fsp3) is 0.0588. The maximum atomic E-state index is 12.8. The molecule has 0 spiro atoms. The van der Waals surface area contributed by atoms with Crippen molar-refractivity contribution in [2.45, 2.75) is 6.18 Å². The van der Waals surface area contributed by atoms with Gasteiger partial charge in [-0.05, 0) is 36.4 Å². The first-order valence-electron chi connectivity index (χ1n) is 7.27. The molecule has 0 aliphatic carbocycles. The lowest BCUT2D eigenvalue weighted by Crippen LogP contribution is -2.32. The Hall–Kier alpha value is -2.22. The van der Waals surface area contributed by atoms with Crippen molar-refractivity contribution in [3.05, 3.63) is 68.8 Å². The van der Waals surface area contributed by atoms with Crippen LogP contribution in [0.5, 0.6) is 0 Å². The minimum atomic E-state index is -4.56. The van der Waals surface area contributed by atoms with Gasteiger partial charge in [0.2, 0.25) is 0 Å². The molecule has 0 radical (unpaired) electrons. The van der Waals surface area contributed by atoms with Crippen LogP contribution in [0, 0.1) is 0 Å². The third-order valence-electron chi connectivity index (χ3n) is 3.64. The summed E-state index contributed by atoms with van der Waals surface area (Å²) in [5.74, 6) is -1.72. The SMILES string of the molecule is O=C1C(Cl)=C(Nc2cccc(C(F)(F)F)c2)C(=O)N1c1ccc(Cl)cc1Cl. The molecule has 140 valence electrons. The summed E-state index contributed by atoms with van der Waals surface area (Å²) in [6.45, 7) is 0. The lowest BCUT2D eigenvalue weighted by molar-refractivity contribution is -0.137. The summed E-state index contributed by atoms with van der Waals surface area (Å²) in [6.07, 6.45) is -4.56. The van der Waals surface area contributed by atoms with Crippen LogP contribution in [0.2, 0.25) is 10.0 Å². The molecule has 10 heteroatoms. The quantitative estimate of drug-likeness (QED) is 0.653. The second kappa shape index (κ2) is 7.07. The first-order chi connectivity index (χ1) is 12.6. The van der Waals surface area contributed by atoms with Gasteiger partial charge in [-0.2, -0.15) is 13.2 Å². The number of nitrogens with zero attached hydrogens (tertiary/aromatic N) is 1. The van der Waals surface area contributed by atoms with Gasteiger partial charge < -0.3 is 5.32 Å². The Morgan fingerprint density at radius 1 is 0.926 bits per heavy atom. The van der Waals surface area contributed by atoms with E-state index in [9.17, 15) is 22.8 Å². The molecule has 1 aliphatic rings. The van der Waals surface area contributed by atoms with Gasteiger partial charge in [-0.1, -0.05) is 40.9 Å². The third kappa shape index (κ3) is 3.76. The minimum Gasteiger partial charge on any atom is -0.350 e. The van der Waals surface area contributed by atoms with Gasteiger partial charge in [0, 0.05) is 10.7 Å². The first-order valence-corrected chi connectivity index (χ1v) is 8.41. The number of benzene rings is 2. The molecular formula is C17H8Cl3F3N2O2. The number of carbonyl (C=O) groups excluding carboxylic acids is 2. The molecule has 4 nitrogen and oxygen atoms in total. The van der Waals surface area contributed by atoms with Gasteiger partial charge >= 0.3 is 6.18 Å². The van der Waals surface area contributed by atoms with Crippen LogP contribution in [0.4, 0.5) is 24.5 Å². The number of alkyl halides is 3. The molecule has 0 saturated heterocycles. The summed E-state index contributed by atoms with van der Waals surface area (Å²) in [7, 11) is 0. The fourth-order valence-electron chi connectivity index (χ4n) is 2.41. The average Bonchev–Trinajstić information content (AvgIpc) is 2.79. The summed E-state index contributed by atoms with van der Waals surface area (Å²) in [4.78, 5) is 25.7. The minimum absolute atomic E-state index is 0.0361. The van der Waals surface area contributed by atoms with Crippen LogP contribution in [0.15, 0.2) is 53.2 Å². The Morgan fingerprint density at radius 3 is 2.26 bits per heavy atom. The van der Waals surface area contributed by atoms with Crippen LogP contribution < -0.4 is 10.2 Å². The zero-order chi connectivity index (χ0) is 19.9. The molecule has 1 N–H and O–H groups in total. The topological polar surface area (TPSA) is 49.4 Å². The Kier molecular flexibility index (Phi) is 5.12. The van der Waals surface area contributed by atoms with Crippen molar-refractivity contribution in [1.82, 2.24) is 0 Å². The van der Waals surface area contributed by atoms with E-state index in [-0.39, 0.29) is 22.1 Å². The smallest absolute Gasteiger partial charge is 0.350 e. The Balaban J connectivity index is 1.93. The van der Waals surface area contributed by atoms with Gasteiger partial charge in [0.05, 0.1) is 16.3 Å². The van der Waals surface area contributed by atoms with Crippen LogP contribution in [0.1, 0.15) is 5.56 Å². The zero-order valence-corrected chi connectivity index (χ0v) is 15.3. The normalized spacial score (nSPS) is 15.0. The van der Waals surface area contributed by atoms with Crippen molar-refractivity contribution < 1.29 is 22.8 Å². The maximum Gasteiger partial charge on any atom is 0.416 e. The van der Waals surface area contributed by atoms with Crippen molar-refractivity contribution in [3.8, 4) is 0 Å². The van der Waals surface area contributed by atoms with Gasteiger partial charge in [-0.15, -0.1) is 0 Å². The van der Waals surface area contributed by atoms with E-state index in [4.69, 9.17) is 34.8 Å². The average molecular weight is 436 g/mol. The molecule has 0 fully saturated rings. The molecule has 2 amide bonds. The number of hydrogen-bond donors (Lipinski definition) is 1. The van der Waals surface area contributed by atoms with Gasteiger partial charge in [0.15, 0.2) is 0 Å². The Morgan fingerprint density at radius 2 is 1.63 bits per heavy atom. The van der Waals surface area contributed by atoms with Gasteiger partial charge in [-0.25, -0.2) is 4.90 Å². The van der Waals surface area contributed by atoms with E-state index in [1.54, 1.807) is 0 Å². The largest absolute Gasteiger partial charge is 0.416 e. The van der Waals surface area contributed by atoms with Crippen LogP contribution in [-0.4, -0.2) is 11.8 Å². The van der Waals surface area contributed by atoms with E-state index in [2.05, 4.69) is 5.32 Å². The second-order valence-corrected chi connectivity index (χ2v) is 6.66. The van der Waals surface area contributed by atoms with Crippen LogP contribution >= 0.6 is 34.8 Å². The van der Waals surface area contributed by atoms with E-state index in [0.29, 0.717) is 5.02 Å². The number of anilines is 2. The summed E-state index contributed by atoms with van der Waals surface area (Å²) >= 11 is 17.8. The van der Waals surface area contributed by atoms with Crippen molar-refractivity contribution in [2.24, 2.45) is 0 Å². The van der Waals surface area contributed by atoms with Crippen molar-refractivity contribution in [3.63, 3.8) is 0 Å². The number of halogens is 6. The number of hydrogen-bond acceptors (Lipinski definition) is 3. The second-order valence-electron chi connectivity index (χ2n) is 5.43. The van der Waals surface area contributed by atoms with E-state index in [1.165, 1.54) is 24.3 Å². The highest BCUT2D eigenvalue weighted by Gasteiger charge is 2.40. The van der Waals surface area contributed by atoms with Crippen molar-refractivity contribution in [1.29, 1.82) is 0 Å². The Bertz CT molecular complexity index is 990. The third-order valence-corrected chi connectivity index (χ3v) is 4.53. The lowest BCUT2D eigenvalue weighted by Gasteiger charge is -2.17.